The number of ether oxygens (including phenoxy) is 1. The van der Waals surface area contributed by atoms with Crippen LogP contribution in [0.25, 0.3) is 11.4 Å². The molecule has 156 valence electrons. The summed E-state index contributed by atoms with van der Waals surface area (Å²) in [5, 5.41) is 7.19. The third kappa shape index (κ3) is 4.30. The van der Waals surface area contributed by atoms with Crippen molar-refractivity contribution in [1.29, 1.82) is 0 Å². The summed E-state index contributed by atoms with van der Waals surface area (Å²) in [6, 6.07) is 14.1. The molecule has 1 fully saturated rings. The van der Waals surface area contributed by atoms with Gasteiger partial charge in [0.25, 0.3) is 0 Å². The van der Waals surface area contributed by atoms with E-state index in [0.717, 1.165) is 41.0 Å². The molecule has 1 aliphatic rings. The van der Waals surface area contributed by atoms with Gasteiger partial charge >= 0.3 is 6.01 Å². The number of nitrogens with zero attached hydrogens (tertiary/aromatic N) is 3. The van der Waals surface area contributed by atoms with Crippen LogP contribution in [0, 0.1) is 19.8 Å². The number of methoxy groups -OCH3 is 1. The smallest absolute Gasteiger partial charge is 0.324 e. The Morgan fingerprint density at radius 3 is 2.57 bits per heavy atom. The predicted molar refractivity (Wildman–Crippen MR) is 116 cm³/mol. The second-order valence-electron chi connectivity index (χ2n) is 7.70. The van der Waals surface area contributed by atoms with Crippen LogP contribution in [0.1, 0.15) is 24.0 Å². The molecule has 2 heterocycles. The lowest BCUT2D eigenvalue weighted by Crippen LogP contribution is -2.38. The Morgan fingerprint density at radius 1 is 1.13 bits per heavy atom. The van der Waals surface area contributed by atoms with Gasteiger partial charge in [-0.15, -0.1) is 0 Å². The number of piperidine rings is 1. The van der Waals surface area contributed by atoms with Gasteiger partial charge < -0.3 is 19.5 Å². The average molecular weight is 406 g/mol. The number of rotatable bonds is 5. The minimum Gasteiger partial charge on any atom is -0.497 e. The monoisotopic (exact) mass is 406 g/mol. The number of hydrogen-bond donors (Lipinski definition) is 1. The lowest BCUT2D eigenvalue weighted by Gasteiger charge is -2.29. The maximum absolute atomic E-state index is 12.7. The van der Waals surface area contributed by atoms with Gasteiger partial charge in [-0.25, -0.2) is 0 Å². The van der Waals surface area contributed by atoms with Crippen molar-refractivity contribution >= 4 is 17.6 Å². The molecule has 7 nitrogen and oxygen atoms in total. The summed E-state index contributed by atoms with van der Waals surface area (Å²) in [6.45, 7) is 5.44. The highest BCUT2D eigenvalue weighted by molar-refractivity contribution is 5.93. The van der Waals surface area contributed by atoms with E-state index in [1.165, 1.54) is 0 Å². The normalized spacial score (nSPS) is 14.6. The van der Waals surface area contributed by atoms with Gasteiger partial charge in [0.05, 0.1) is 7.11 Å². The van der Waals surface area contributed by atoms with Crippen LogP contribution in [-0.4, -0.2) is 36.2 Å². The molecule has 3 aromatic rings. The van der Waals surface area contributed by atoms with E-state index in [-0.39, 0.29) is 11.8 Å². The molecule has 0 aliphatic carbocycles. The quantitative estimate of drug-likeness (QED) is 0.683. The van der Waals surface area contributed by atoms with E-state index in [9.17, 15) is 4.79 Å². The molecule has 1 aromatic heterocycles. The lowest BCUT2D eigenvalue weighted by atomic mass is 9.96. The third-order valence-electron chi connectivity index (χ3n) is 5.55. The van der Waals surface area contributed by atoms with Crippen molar-refractivity contribution in [2.24, 2.45) is 5.92 Å². The van der Waals surface area contributed by atoms with Crippen molar-refractivity contribution in [2.75, 3.05) is 30.4 Å². The van der Waals surface area contributed by atoms with E-state index in [1.54, 1.807) is 7.11 Å². The summed E-state index contributed by atoms with van der Waals surface area (Å²) in [6.07, 6.45) is 1.49. The maximum atomic E-state index is 12.7. The standard InChI is InChI=1S/C23H26N4O3/c1-15-4-5-16(2)20(14-15)24-22(28)18-10-12-27(13-11-18)23-25-21(26-30-23)17-6-8-19(29-3)9-7-17/h4-9,14,18H,10-13H2,1-3H3,(H,24,28). The highest BCUT2D eigenvalue weighted by Gasteiger charge is 2.28. The largest absolute Gasteiger partial charge is 0.497 e. The van der Waals surface area contributed by atoms with Crippen LogP contribution in [0.15, 0.2) is 47.0 Å². The fourth-order valence-electron chi connectivity index (χ4n) is 3.64. The highest BCUT2D eigenvalue weighted by atomic mass is 16.5. The van der Waals surface area contributed by atoms with Gasteiger partial charge in [0.2, 0.25) is 11.7 Å². The summed E-state index contributed by atoms with van der Waals surface area (Å²) < 4.78 is 10.6. The van der Waals surface area contributed by atoms with Crippen LogP contribution in [0.4, 0.5) is 11.7 Å². The minimum atomic E-state index is -0.0230. The van der Waals surface area contributed by atoms with Crippen molar-refractivity contribution < 1.29 is 14.1 Å². The van der Waals surface area contributed by atoms with Crippen LogP contribution in [0.5, 0.6) is 5.75 Å². The van der Waals surface area contributed by atoms with Crippen molar-refractivity contribution in [3.8, 4) is 17.1 Å². The highest BCUT2D eigenvalue weighted by Crippen LogP contribution is 2.27. The summed E-state index contributed by atoms with van der Waals surface area (Å²) in [5.74, 6) is 1.38. The number of hydrogen-bond acceptors (Lipinski definition) is 6. The van der Waals surface area contributed by atoms with Gasteiger partial charge in [0.1, 0.15) is 5.75 Å². The van der Waals surface area contributed by atoms with Gasteiger partial charge in [-0.3, -0.25) is 4.79 Å². The molecular formula is C23H26N4O3. The van der Waals surface area contributed by atoms with Crippen LogP contribution in [0.2, 0.25) is 0 Å². The van der Waals surface area contributed by atoms with E-state index >= 15 is 0 Å². The molecule has 0 radical (unpaired) electrons. The van der Waals surface area contributed by atoms with Gasteiger partial charge in [0.15, 0.2) is 0 Å². The Labute approximate surface area is 176 Å². The molecule has 0 unspecified atom stereocenters. The number of nitrogens with one attached hydrogen (secondary N) is 1. The summed E-state index contributed by atoms with van der Waals surface area (Å²) in [4.78, 5) is 19.3. The van der Waals surface area contributed by atoms with Crippen molar-refractivity contribution in [3.63, 3.8) is 0 Å². The molecule has 0 atom stereocenters. The number of benzene rings is 2. The first kappa shape index (κ1) is 19.9. The Hall–Kier alpha value is -3.35. The number of aromatic nitrogens is 2. The molecule has 1 saturated heterocycles. The van der Waals surface area contributed by atoms with Gasteiger partial charge in [-0.1, -0.05) is 17.3 Å². The SMILES string of the molecule is COc1ccc(-c2noc(N3CCC(C(=O)Nc4cc(C)ccc4C)CC3)n2)cc1. The molecule has 4 rings (SSSR count). The zero-order valence-electron chi connectivity index (χ0n) is 17.5. The fourth-order valence-corrected chi connectivity index (χ4v) is 3.64. The number of anilines is 2. The molecule has 0 bridgehead atoms. The van der Waals surface area contributed by atoms with E-state index < -0.39 is 0 Å². The van der Waals surface area contributed by atoms with Gasteiger partial charge in [0, 0.05) is 30.3 Å². The Balaban J connectivity index is 1.36. The van der Waals surface area contributed by atoms with Gasteiger partial charge in [-0.2, -0.15) is 4.98 Å². The molecule has 1 aliphatic heterocycles. The predicted octanol–water partition coefficient (Wildman–Crippen LogP) is 4.22. The van der Waals surface area contributed by atoms with E-state index in [0.29, 0.717) is 24.9 Å². The number of carbonyl (C=O) groups is 1. The molecule has 0 saturated carbocycles. The Kier molecular flexibility index (Phi) is 5.70. The summed E-state index contributed by atoms with van der Waals surface area (Å²) >= 11 is 0. The summed E-state index contributed by atoms with van der Waals surface area (Å²) in [5.41, 5.74) is 3.97. The second-order valence-corrected chi connectivity index (χ2v) is 7.70. The lowest BCUT2D eigenvalue weighted by molar-refractivity contribution is -0.120. The Bertz CT molecular complexity index is 1020. The number of amides is 1. The Morgan fingerprint density at radius 2 is 1.87 bits per heavy atom. The zero-order valence-corrected chi connectivity index (χ0v) is 17.5. The zero-order chi connectivity index (χ0) is 21.1. The fraction of sp³-hybridized carbons (Fsp3) is 0.348. The van der Waals surface area contributed by atoms with Crippen LogP contribution in [0.3, 0.4) is 0 Å². The minimum absolute atomic E-state index is 0.0230. The molecule has 30 heavy (non-hydrogen) atoms. The first-order valence-electron chi connectivity index (χ1n) is 10.1. The number of carbonyl (C=O) groups excluding carboxylic acids is 1. The molecule has 1 amide bonds. The maximum Gasteiger partial charge on any atom is 0.324 e. The molecule has 0 spiro atoms. The van der Waals surface area contributed by atoms with Crippen molar-refractivity contribution in [2.45, 2.75) is 26.7 Å². The number of aryl methyl sites for hydroxylation is 2. The van der Waals surface area contributed by atoms with Crippen LogP contribution >= 0.6 is 0 Å². The summed E-state index contributed by atoms with van der Waals surface area (Å²) in [7, 11) is 1.63. The van der Waals surface area contributed by atoms with Crippen LogP contribution < -0.4 is 15.0 Å². The van der Waals surface area contributed by atoms with Crippen molar-refractivity contribution in [1.82, 2.24) is 10.1 Å². The first-order chi connectivity index (χ1) is 14.5. The molecule has 2 aromatic carbocycles. The molecule has 7 heteroatoms. The van der Waals surface area contributed by atoms with Gasteiger partial charge in [-0.05, 0) is 68.1 Å². The van der Waals surface area contributed by atoms with E-state index in [4.69, 9.17) is 9.26 Å². The molecule has 1 N–H and O–H groups in total. The average Bonchev–Trinajstić information content (AvgIpc) is 3.27. The van der Waals surface area contributed by atoms with Crippen LogP contribution in [-0.2, 0) is 4.79 Å². The third-order valence-corrected chi connectivity index (χ3v) is 5.55. The van der Waals surface area contributed by atoms with E-state index in [2.05, 4.69) is 15.5 Å². The topological polar surface area (TPSA) is 80.5 Å². The van der Waals surface area contributed by atoms with Crippen molar-refractivity contribution in [3.05, 3.63) is 53.6 Å². The first-order valence-corrected chi connectivity index (χ1v) is 10.1. The van der Waals surface area contributed by atoms with E-state index in [1.807, 2.05) is 61.2 Å². The molecular weight excluding hydrogens is 380 g/mol. The second kappa shape index (κ2) is 8.57.